The van der Waals surface area contributed by atoms with E-state index in [-0.39, 0.29) is 5.91 Å². The summed E-state index contributed by atoms with van der Waals surface area (Å²) >= 11 is 9.17. The van der Waals surface area contributed by atoms with Crippen molar-refractivity contribution in [2.24, 2.45) is 0 Å². The van der Waals surface area contributed by atoms with Crippen LogP contribution in [0.3, 0.4) is 0 Å². The molecule has 1 aromatic carbocycles. The number of nitrogens with one attached hydrogen (secondary N) is 1. The van der Waals surface area contributed by atoms with Gasteiger partial charge in [-0.05, 0) is 37.3 Å². The normalized spacial score (nSPS) is 10.6. The first-order valence-electron chi connectivity index (χ1n) is 6.74. The molecule has 4 nitrogen and oxygen atoms in total. The average Bonchev–Trinajstić information content (AvgIpc) is 3.16. The van der Waals surface area contributed by atoms with Crippen molar-refractivity contribution >= 4 is 45.9 Å². The van der Waals surface area contributed by atoms with Crippen LogP contribution in [0.2, 0.25) is 5.02 Å². The van der Waals surface area contributed by atoms with Crippen molar-refractivity contribution in [1.82, 2.24) is 4.98 Å². The van der Waals surface area contributed by atoms with Gasteiger partial charge in [-0.15, -0.1) is 22.7 Å². The quantitative estimate of drug-likeness (QED) is 0.701. The fourth-order valence-electron chi connectivity index (χ4n) is 1.98. The van der Waals surface area contributed by atoms with Crippen molar-refractivity contribution in [3.8, 4) is 15.6 Å². The topological polar surface area (TPSA) is 51.2 Å². The molecule has 2 aromatic heterocycles. The van der Waals surface area contributed by atoms with Crippen molar-refractivity contribution in [2.45, 2.75) is 6.92 Å². The minimum atomic E-state index is -0.262. The summed E-state index contributed by atoms with van der Waals surface area (Å²) in [6, 6.07) is 9.15. The number of ether oxygens (including phenoxy) is 1. The molecule has 118 valence electrons. The molecule has 2 heterocycles. The van der Waals surface area contributed by atoms with E-state index in [1.807, 2.05) is 19.1 Å². The number of nitrogens with zero attached hydrogens (tertiary/aromatic N) is 1. The number of carbonyl (C=O) groups excluding carboxylic acids is 1. The molecule has 0 aliphatic rings. The van der Waals surface area contributed by atoms with Crippen LogP contribution < -0.4 is 10.1 Å². The summed E-state index contributed by atoms with van der Waals surface area (Å²) in [7, 11) is 1.54. The van der Waals surface area contributed by atoms with Gasteiger partial charge < -0.3 is 10.1 Å². The van der Waals surface area contributed by atoms with Gasteiger partial charge in [-0.3, -0.25) is 4.79 Å². The monoisotopic (exact) mass is 364 g/mol. The maximum absolute atomic E-state index is 12.3. The Bertz CT molecular complexity index is 857. The Morgan fingerprint density at radius 1 is 1.30 bits per heavy atom. The van der Waals surface area contributed by atoms with Crippen LogP contribution in [-0.4, -0.2) is 18.0 Å². The molecule has 0 bridgehead atoms. The van der Waals surface area contributed by atoms with Crippen LogP contribution >= 0.6 is 34.3 Å². The van der Waals surface area contributed by atoms with Gasteiger partial charge in [0.05, 0.1) is 17.0 Å². The molecule has 0 radical (unpaired) electrons. The smallest absolute Gasteiger partial charge is 0.275 e. The third-order valence-electron chi connectivity index (χ3n) is 3.10. The molecule has 7 heteroatoms. The van der Waals surface area contributed by atoms with E-state index < -0.39 is 0 Å². The molecule has 0 atom stereocenters. The number of rotatable bonds is 4. The number of aryl methyl sites for hydroxylation is 1. The summed E-state index contributed by atoms with van der Waals surface area (Å²) in [6.45, 7) is 2.04. The zero-order valence-corrected chi connectivity index (χ0v) is 14.8. The Morgan fingerprint density at radius 3 is 2.78 bits per heavy atom. The van der Waals surface area contributed by atoms with E-state index in [1.54, 1.807) is 42.0 Å². The standard InChI is InChI=1S/C16H13ClN2O2S2/c1-9-3-6-14(23-9)16-19-12(8-22-16)15(20)18-10-4-5-13(21-2)11(17)7-10/h3-8H,1-2H3,(H,18,20). The SMILES string of the molecule is COc1ccc(NC(=O)c2csc(-c3ccc(C)s3)n2)cc1Cl. The number of anilines is 1. The van der Waals surface area contributed by atoms with E-state index in [0.29, 0.717) is 22.2 Å². The largest absolute Gasteiger partial charge is 0.495 e. The van der Waals surface area contributed by atoms with Crippen LogP contribution in [0.5, 0.6) is 5.75 Å². The molecule has 0 unspecified atom stereocenters. The first kappa shape index (κ1) is 16.0. The lowest BCUT2D eigenvalue weighted by atomic mass is 10.3. The van der Waals surface area contributed by atoms with Crippen molar-refractivity contribution in [2.75, 3.05) is 12.4 Å². The summed E-state index contributed by atoms with van der Waals surface area (Å²) in [5.41, 5.74) is 0.991. The third-order valence-corrected chi connectivity index (χ3v) is 5.41. The Morgan fingerprint density at radius 2 is 2.13 bits per heavy atom. The number of carbonyl (C=O) groups is 1. The maximum Gasteiger partial charge on any atom is 0.275 e. The molecular weight excluding hydrogens is 352 g/mol. The lowest BCUT2D eigenvalue weighted by molar-refractivity contribution is 0.102. The number of hydrogen-bond donors (Lipinski definition) is 1. The fourth-order valence-corrected chi connectivity index (χ4v) is 3.98. The number of benzene rings is 1. The van der Waals surface area contributed by atoms with E-state index >= 15 is 0 Å². The summed E-state index contributed by atoms with van der Waals surface area (Å²) in [6.07, 6.45) is 0. The van der Waals surface area contributed by atoms with Crippen LogP contribution in [0.25, 0.3) is 9.88 Å². The van der Waals surface area contributed by atoms with Gasteiger partial charge in [0, 0.05) is 15.9 Å². The summed E-state index contributed by atoms with van der Waals surface area (Å²) < 4.78 is 5.09. The predicted molar refractivity (Wildman–Crippen MR) is 96.1 cm³/mol. The van der Waals surface area contributed by atoms with Crippen LogP contribution in [-0.2, 0) is 0 Å². The molecule has 0 saturated heterocycles. The Hall–Kier alpha value is -1.89. The van der Waals surface area contributed by atoms with E-state index in [9.17, 15) is 4.79 Å². The molecule has 1 amide bonds. The zero-order valence-electron chi connectivity index (χ0n) is 12.4. The Labute approximate surface area is 146 Å². The van der Waals surface area contributed by atoms with Gasteiger partial charge in [0.2, 0.25) is 0 Å². The summed E-state index contributed by atoms with van der Waals surface area (Å²) in [5.74, 6) is 0.302. The van der Waals surface area contributed by atoms with E-state index in [2.05, 4.69) is 10.3 Å². The van der Waals surface area contributed by atoms with Gasteiger partial charge in [-0.2, -0.15) is 0 Å². The molecule has 0 aliphatic heterocycles. The lowest BCUT2D eigenvalue weighted by Crippen LogP contribution is -2.12. The van der Waals surface area contributed by atoms with Crippen molar-refractivity contribution in [3.63, 3.8) is 0 Å². The van der Waals surface area contributed by atoms with Gasteiger partial charge >= 0.3 is 0 Å². The number of methoxy groups -OCH3 is 1. The van der Waals surface area contributed by atoms with Crippen LogP contribution in [0, 0.1) is 6.92 Å². The van der Waals surface area contributed by atoms with Crippen molar-refractivity contribution in [3.05, 3.63) is 51.3 Å². The number of aromatic nitrogens is 1. The number of halogens is 1. The molecule has 3 rings (SSSR count). The molecule has 0 saturated carbocycles. The molecule has 3 aromatic rings. The Balaban J connectivity index is 1.76. The second-order valence-electron chi connectivity index (χ2n) is 4.75. The number of thiazole rings is 1. The second kappa shape index (κ2) is 6.70. The number of hydrogen-bond acceptors (Lipinski definition) is 5. The highest BCUT2D eigenvalue weighted by molar-refractivity contribution is 7.21. The van der Waals surface area contributed by atoms with Gasteiger partial charge in [0.1, 0.15) is 16.5 Å². The van der Waals surface area contributed by atoms with Crippen molar-refractivity contribution < 1.29 is 9.53 Å². The van der Waals surface area contributed by atoms with E-state index in [1.165, 1.54) is 16.2 Å². The van der Waals surface area contributed by atoms with Gasteiger partial charge in [0.15, 0.2) is 0 Å². The minimum Gasteiger partial charge on any atom is -0.495 e. The van der Waals surface area contributed by atoms with Gasteiger partial charge in [0.25, 0.3) is 5.91 Å². The molecule has 23 heavy (non-hydrogen) atoms. The highest BCUT2D eigenvalue weighted by Crippen LogP contribution is 2.31. The summed E-state index contributed by atoms with van der Waals surface area (Å²) in [4.78, 5) is 19.0. The number of amides is 1. The van der Waals surface area contributed by atoms with Crippen LogP contribution in [0.15, 0.2) is 35.7 Å². The fraction of sp³-hybridized carbons (Fsp3) is 0.125. The van der Waals surface area contributed by atoms with Crippen LogP contribution in [0.4, 0.5) is 5.69 Å². The maximum atomic E-state index is 12.3. The highest BCUT2D eigenvalue weighted by Gasteiger charge is 2.13. The first-order chi connectivity index (χ1) is 11.1. The molecule has 0 spiro atoms. The molecule has 1 N–H and O–H groups in total. The first-order valence-corrected chi connectivity index (χ1v) is 8.81. The predicted octanol–water partition coefficient (Wildman–Crippen LogP) is 5.09. The second-order valence-corrected chi connectivity index (χ2v) is 7.30. The highest BCUT2D eigenvalue weighted by atomic mass is 35.5. The minimum absolute atomic E-state index is 0.262. The molecular formula is C16H13ClN2O2S2. The molecule has 0 aliphatic carbocycles. The van der Waals surface area contributed by atoms with Crippen molar-refractivity contribution in [1.29, 1.82) is 0 Å². The Kier molecular flexibility index (Phi) is 4.66. The number of thiophene rings is 1. The lowest BCUT2D eigenvalue weighted by Gasteiger charge is -2.06. The van der Waals surface area contributed by atoms with Crippen LogP contribution in [0.1, 0.15) is 15.4 Å². The van der Waals surface area contributed by atoms with Gasteiger partial charge in [-0.1, -0.05) is 11.6 Å². The van der Waals surface area contributed by atoms with E-state index in [4.69, 9.17) is 16.3 Å². The van der Waals surface area contributed by atoms with Gasteiger partial charge in [-0.25, -0.2) is 4.98 Å². The molecule has 0 fully saturated rings. The third kappa shape index (κ3) is 3.55. The average molecular weight is 365 g/mol. The van der Waals surface area contributed by atoms with E-state index in [0.717, 1.165) is 9.88 Å². The zero-order chi connectivity index (χ0) is 16.4. The summed E-state index contributed by atoms with van der Waals surface area (Å²) in [5, 5.41) is 5.83.